The lowest BCUT2D eigenvalue weighted by Gasteiger charge is -2.15. The maximum Gasteiger partial charge on any atom is 0.229 e. The molecule has 1 amide bonds. The molecule has 5 nitrogen and oxygen atoms in total. The third-order valence-electron chi connectivity index (χ3n) is 2.05. The molecule has 0 bridgehead atoms. The molecule has 0 saturated carbocycles. The smallest absolute Gasteiger partial charge is 0.229 e. The average molecular weight is 237 g/mol. The zero-order valence-corrected chi connectivity index (χ0v) is 9.75. The van der Waals surface area contributed by atoms with Crippen molar-refractivity contribution in [2.45, 2.75) is 6.92 Å². The summed E-state index contributed by atoms with van der Waals surface area (Å²) in [7, 11) is 1.60. The fourth-order valence-corrected chi connectivity index (χ4v) is 2.08. The molecule has 2 heterocycles. The van der Waals surface area contributed by atoms with Gasteiger partial charge < -0.3 is 4.74 Å². The number of thiophene rings is 1. The van der Waals surface area contributed by atoms with Crippen LogP contribution in [0, 0.1) is 0 Å². The van der Waals surface area contributed by atoms with E-state index in [0.29, 0.717) is 5.82 Å². The van der Waals surface area contributed by atoms with Gasteiger partial charge in [-0.15, -0.1) is 11.3 Å². The third kappa shape index (κ3) is 1.92. The monoisotopic (exact) mass is 237 g/mol. The number of H-pyrrole nitrogens is 1. The molecule has 0 fully saturated rings. The zero-order chi connectivity index (χ0) is 11.5. The van der Waals surface area contributed by atoms with Crippen molar-refractivity contribution in [1.82, 2.24) is 10.2 Å². The van der Waals surface area contributed by atoms with Gasteiger partial charge >= 0.3 is 0 Å². The van der Waals surface area contributed by atoms with Crippen molar-refractivity contribution in [2.75, 3.05) is 12.0 Å². The maximum absolute atomic E-state index is 11.6. The number of ether oxygens (including phenoxy) is 1. The minimum atomic E-state index is -0.0902. The molecular weight excluding hydrogens is 226 g/mol. The fraction of sp³-hybridized carbons (Fsp3) is 0.200. The second-order valence-corrected chi connectivity index (χ2v) is 3.99. The summed E-state index contributed by atoms with van der Waals surface area (Å²) in [5.74, 6) is 0.487. The number of anilines is 2. The van der Waals surface area contributed by atoms with Gasteiger partial charge in [-0.3, -0.25) is 14.8 Å². The first kappa shape index (κ1) is 10.7. The van der Waals surface area contributed by atoms with E-state index in [2.05, 4.69) is 10.2 Å². The molecule has 2 aromatic heterocycles. The summed E-state index contributed by atoms with van der Waals surface area (Å²) < 4.78 is 5.09. The number of aromatic nitrogens is 2. The number of rotatable bonds is 3. The van der Waals surface area contributed by atoms with Crippen LogP contribution < -0.4 is 9.64 Å². The first-order valence-corrected chi connectivity index (χ1v) is 5.53. The molecule has 0 aliphatic rings. The molecule has 2 rings (SSSR count). The van der Waals surface area contributed by atoms with Crippen LogP contribution in [0.15, 0.2) is 23.7 Å². The van der Waals surface area contributed by atoms with Crippen molar-refractivity contribution in [2.24, 2.45) is 0 Å². The van der Waals surface area contributed by atoms with Crippen molar-refractivity contribution >= 4 is 28.7 Å². The predicted molar refractivity (Wildman–Crippen MR) is 62.3 cm³/mol. The molecular formula is C10H11N3O2S. The van der Waals surface area contributed by atoms with E-state index in [9.17, 15) is 4.79 Å². The SMILES string of the molecule is COc1cc(N(C(C)=O)c2cc[nH]n2)cs1. The van der Waals surface area contributed by atoms with Crippen LogP contribution >= 0.6 is 11.3 Å². The first-order valence-electron chi connectivity index (χ1n) is 4.65. The lowest BCUT2D eigenvalue weighted by atomic mass is 10.4. The minimum absolute atomic E-state index is 0.0902. The van der Waals surface area contributed by atoms with Gasteiger partial charge in [0.15, 0.2) is 10.9 Å². The van der Waals surface area contributed by atoms with Gasteiger partial charge in [0.1, 0.15) is 0 Å². The van der Waals surface area contributed by atoms with Gasteiger partial charge in [-0.05, 0) is 0 Å². The highest BCUT2D eigenvalue weighted by Gasteiger charge is 2.17. The summed E-state index contributed by atoms with van der Waals surface area (Å²) in [4.78, 5) is 13.1. The maximum atomic E-state index is 11.6. The van der Waals surface area contributed by atoms with Crippen LogP contribution in [0.25, 0.3) is 0 Å². The Bertz CT molecular complexity index is 478. The molecule has 16 heavy (non-hydrogen) atoms. The minimum Gasteiger partial charge on any atom is -0.487 e. The Labute approximate surface area is 96.7 Å². The van der Waals surface area contributed by atoms with Crippen molar-refractivity contribution in [3.63, 3.8) is 0 Å². The molecule has 0 spiro atoms. The van der Waals surface area contributed by atoms with Crippen molar-refractivity contribution < 1.29 is 9.53 Å². The predicted octanol–water partition coefficient (Wildman–Crippen LogP) is 2.16. The van der Waals surface area contributed by atoms with Crippen LogP contribution in [0.2, 0.25) is 0 Å². The van der Waals surface area contributed by atoms with E-state index in [4.69, 9.17) is 4.74 Å². The number of aromatic amines is 1. The Balaban J connectivity index is 2.37. The molecule has 0 atom stereocenters. The molecule has 0 aromatic carbocycles. The van der Waals surface area contributed by atoms with E-state index in [1.807, 2.05) is 5.38 Å². The third-order valence-corrected chi connectivity index (χ3v) is 2.93. The number of amides is 1. The van der Waals surface area contributed by atoms with E-state index in [-0.39, 0.29) is 5.91 Å². The van der Waals surface area contributed by atoms with E-state index >= 15 is 0 Å². The molecule has 0 aliphatic heterocycles. The van der Waals surface area contributed by atoms with Crippen LogP contribution in [-0.2, 0) is 4.79 Å². The van der Waals surface area contributed by atoms with Crippen LogP contribution in [0.5, 0.6) is 5.06 Å². The second kappa shape index (κ2) is 4.36. The number of nitrogens with one attached hydrogen (secondary N) is 1. The highest BCUT2D eigenvalue weighted by Crippen LogP contribution is 2.32. The van der Waals surface area contributed by atoms with E-state index in [1.54, 1.807) is 25.4 Å². The van der Waals surface area contributed by atoms with Crippen molar-refractivity contribution in [3.05, 3.63) is 23.7 Å². The Morgan fingerprint density at radius 3 is 2.94 bits per heavy atom. The molecule has 2 aromatic rings. The standard InChI is InChI=1S/C10H11N3O2S/c1-7(14)13(9-3-4-11-12-9)8-5-10(15-2)16-6-8/h3-6H,1-2H3,(H,11,12). The number of methoxy groups -OCH3 is 1. The molecule has 0 radical (unpaired) electrons. The summed E-state index contributed by atoms with van der Waals surface area (Å²) in [6, 6.07) is 3.55. The van der Waals surface area contributed by atoms with Gasteiger partial charge in [0.2, 0.25) is 5.91 Å². The quantitative estimate of drug-likeness (QED) is 0.890. The van der Waals surface area contributed by atoms with Crippen molar-refractivity contribution in [1.29, 1.82) is 0 Å². The Morgan fingerprint density at radius 1 is 1.62 bits per heavy atom. The van der Waals surface area contributed by atoms with Gasteiger partial charge in [0.25, 0.3) is 0 Å². The lowest BCUT2D eigenvalue weighted by molar-refractivity contribution is -0.115. The summed E-state index contributed by atoms with van der Waals surface area (Å²) in [6.45, 7) is 1.50. The van der Waals surface area contributed by atoms with Gasteiger partial charge in [-0.1, -0.05) is 0 Å². The molecule has 6 heteroatoms. The zero-order valence-electron chi connectivity index (χ0n) is 8.93. The van der Waals surface area contributed by atoms with Gasteiger partial charge in [-0.25, -0.2) is 0 Å². The Kier molecular flexibility index (Phi) is 2.91. The number of hydrogen-bond acceptors (Lipinski definition) is 4. The number of carbonyl (C=O) groups excluding carboxylic acids is 1. The Morgan fingerprint density at radius 2 is 2.44 bits per heavy atom. The molecule has 1 N–H and O–H groups in total. The molecule has 0 unspecified atom stereocenters. The van der Waals surface area contributed by atoms with E-state index in [0.717, 1.165) is 10.8 Å². The first-order chi connectivity index (χ1) is 7.72. The lowest BCUT2D eigenvalue weighted by Crippen LogP contribution is -2.22. The molecule has 84 valence electrons. The van der Waals surface area contributed by atoms with Crippen molar-refractivity contribution in [3.8, 4) is 5.06 Å². The van der Waals surface area contributed by atoms with E-state index < -0.39 is 0 Å². The van der Waals surface area contributed by atoms with Crippen LogP contribution in [0.3, 0.4) is 0 Å². The Hall–Kier alpha value is -1.82. The summed E-state index contributed by atoms with van der Waals surface area (Å²) >= 11 is 1.44. The normalized spacial score (nSPS) is 10.1. The summed E-state index contributed by atoms with van der Waals surface area (Å²) in [5.41, 5.74) is 0.765. The highest BCUT2D eigenvalue weighted by atomic mass is 32.1. The number of carbonyl (C=O) groups is 1. The largest absolute Gasteiger partial charge is 0.487 e. The topological polar surface area (TPSA) is 58.2 Å². The number of hydrogen-bond donors (Lipinski definition) is 1. The van der Waals surface area contributed by atoms with Gasteiger partial charge in [-0.2, -0.15) is 5.10 Å². The highest BCUT2D eigenvalue weighted by molar-refractivity contribution is 7.12. The number of nitrogens with zero attached hydrogens (tertiary/aromatic N) is 2. The molecule has 0 saturated heterocycles. The van der Waals surface area contributed by atoms with Gasteiger partial charge in [0.05, 0.1) is 12.8 Å². The molecule has 0 aliphatic carbocycles. The fourth-order valence-electron chi connectivity index (χ4n) is 1.38. The van der Waals surface area contributed by atoms with Crippen LogP contribution in [0.1, 0.15) is 6.92 Å². The second-order valence-electron chi connectivity index (χ2n) is 3.11. The van der Waals surface area contributed by atoms with Gasteiger partial charge in [0, 0.05) is 30.6 Å². The average Bonchev–Trinajstić information content (AvgIpc) is 2.88. The van der Waals surface area contributed by atoms with E-state index in [1.165, 1.54) is 23.2 Å². The summed E-state index contributed by atoms with van der Waals surface area (Å²) in [5, 5.41) is 9.29. The summed E-state index contributed by atoms with van der Waals surface area (Å²) in [6.07, 6.45) is 1.68. The van der Waals surface area contributed by atoms with Crippen LogP contribution in [-0.4, -0.2) is 23.2 Å². The van der Waals surface area contributed by atoms with Crippen LogP contribution in [0.4, 0.5) is 11.5 Å².